The van der Waals surface area contributed by atoms with Crippen LogP contribution in [0.2, 0.25) is 0 Å². The standard InChI is InChI=1S/C14H19BrN2O3/c1-4-5-17-13(18)9(3)20-14(19)11-6-10(15)7-12(16)8(11)2/h6-7,9H,4-5,16H2,1-3H3,(H,17,18). The molecule has 0 saturated carbocycles. The van der Waals surface area contributed by atoms with Gasteiger partial charge in [-0.1, -0.05) is 22.9 Å². The van der Waals surface area contributed by atoms with Crippen LogP contribution in [0.15, 0.2) is 16.6 Å². The van der Waals surface area contributed by atoms with Crippen molar-refractivity contribution in [3.63, 3.8) is 0 Å². The molecular formula is C14H19BrN2O3. The highest BCUT2D eigenvalue weighted by atomic mass is 79.9. The zero-order chi connectivity index (χ0) is 15.3. The molecule has 110 valence electrons. The fourth-order valence-electron chi connectivity index (χ4n) is 1.58. The van der Waals surface area contributed by atoms with Crippen LogP contribution in [-0.4, -0.2) is 24.5 Å². The monoisotopic (exact) mass is 342 g/mol. The van der Waals surface area contributed by atoms with Gasteiger partial charge >= 0.3 is 5.97 Å². The maximum Gasteiger partial charge on any atom is 0.339 e. The Morgan fingerprint density at radius 2 is 2.10 bits per heavy atom. The van der Waals surface area contributed by atoms with E-state index >= 15 is 0 Å². The van der Waals surface area contributed by atoms with Gasteiger partial charge < -0.3 is 15.8 Å². The topological polar surface area (TPSA) is 81.4 Å². The number of carbonyl (C=O) groups is 2. The van der Waals surface area contributed by atoms with Crippen molar-refractivity contribution < 1.29 is 14.3 Å². The van der Waals surface area contributed by atoms with Gasteiger partial charge in [0.2, 0.25) is 0 Å². The molecular weight excluding hydrogens is 324 g/mol. The lowest BCUT2D eigenvalue weighted by Crippen LogP contribution is -2.36. The number of anilines is 1. The first kappa shape index (κ1) is 16.5. The molecule has 1 aromatic rings. The van der Waals surface area contributed by atoms with Crippen LogP contribution in [0, 0.1) is 6.92 Å². The lowest BCUT2D eigenvalue weighted by Gasteiger charge is -2.15. The largest absolute Gasteiger partial charge is 0.449 e. The van der Waals surface area contributed by atoms with E-state index in [9.17, 15) is 9.59 Å². The fraction of sp³-hybridized carbons (Fsp3) is 0.429. The van der Waals surface area contributed by atoms with Crippen LogP contribution in [0.1, 0.15) is 36.2 Å². The molecule has 5 nitrogen and oxygen atoms in total. The smallest absolute Gasteiger partial charge is 0.339 e. The molecule has 6 heteroatoms. The van der Waals surface area contributed by atoms with E-state index in [1.165, 1.54) is 0 Å². The minimum Gasteiger partial charge on any atom is -0.449 e. The molecule has 0 aliphatic carbocycles. The van der Waals surface area contributed by atoms with Crippen molar-refractivity contribution >= 4 is 33.5 Å². The van der Waals surface area contributed by atoms with Gasteiger partial charge in [0.1, 0.15) is 0 Å². The highest BCUT2D eigenvalue weighted by Gasteiger charge is 2.20. The number of nitrogens with two attached hydrogens (primary N) is 1. The number of nitrogens with one attached hydrogen (secondary N) is 1. The number of carbonyl (C=O) groups excluding carboxylic acids is 2. The maximum absolute atomic E-state index is 12.1. The predicted molar refractivity (Wildman–Crippen MR) is 81.5 cm³/mol. The Bertz CT molecular complexity index is 517. The molecule has 3 N–H and O–H groups in total. The van der Waals surface area contributed by atoms with Gasteiger partial charge in [-0.3, -0.25) is 4.79 Å². The summed E-state index contributed by atoms with van der Waals surface area (Å²) in [5, 5.41) is 2.68. The van der Waals surface area contributed by atoms with E-state index in [4.69, 9.17) is 10.5 Å². The number of hydrogen-bond donors (Lipinski definition) is 2. The van der Waals surface area contributed by atoms with E-state index < -0.39 is 12.1 Å². The second kappa shape index (κ2) is 7.28. The van der Waals surface area contributed by atoms with Gasteiger partial charge in [0.25, 0.3) is 5.91 Å². The molecule has 0 saturated heterocycles. The van der Waals surface area contributed by atoms with Gasteiger partial charge in [0, 0.05) is 16.7 Å². The number of benzene rings is 1. The summed E-state index contributed by atoms with van der Waals surface area (Å²) in [4.78, 5) is 23.7. The number of ether oxygens (including phenoxy) is 1. The van der Waals surface area contributed by atoms with Crippen LogP contribution in [0.4, 0.5) is 5.69 Å². The number of rotatable bonds is 5. The van der Waals surface area contributed by atoms with Crippen molar-refractivity contribution in [1.29, 1.82) is 0 Å². The second-order valence-electron chi connectivity index (χ2n) is 4.51. The third-order valence-corrected chi connectivity index (χ3v) is 3.29. The average molecular weight is 343 g/mol. The van der Waals surface area contributed by atoms with Crippen LogP contribution in [0.25, 0.3) is 0 Å². The molecule has 20 heavy (non-hydrogen) atoms. The molecule has 0 spiro atoms. The molecule has 0 aliphatic rings. The summed E-state index contributed by atoms with van der Waals surface area (Å²) in [5.74, 6) is -0.865. The van der Waals surface area contributed by atoms with E-state index in [-0.39, 0.29) is 5.91 Å². The quantitative estimate of drug-likeness (QED) is 0.635. The van der Waals surface area contributed by atoms with Crippen LogP contribution in [0.3, 0.4) is 0 Å². The van der Waals surface area contributed by atoms with Crippen LogP contribution in [0.5, 0.6) is 0 Å². The molecule has 1 amide bonds. The molecule has 0 radical (unpaired) electrons. The molecule has 1 aromatic carbocycles. The Morgan fingerprint density at radius 1 is 1.45 bits per heavy atom. The molecule has 0 bridgehead atoms. The Kier molecular flexibility index (Phi) is 6.01. The summed E-state index contributed by atoms with van der Waals surface area (Å²) < 4.78 is 5.85. The lowest BCUT2D eigenvalue weighted by atomic mass is 10.1. The summed E-state index contributed by atoms with van der Waals surface area (Å²) in [6, 6.07) is 3.34. The number of hydrogen-bond acceptors (Lipinski definition) is 4. The number of esters is 1. The van der Waals surface area contributed by atoms with Gasteiger partial charge in [-0.2, -0.15) is 0 Å². The highest BCUT2D eigenvalue weighted by molar-refractivity contribution is 9.10. The fourth-order valence-corrected chi connectivity index (χ4v) is 2.06. The summed E-state index contributed by atoms with van der Waals surface area (Å²) in [6.07, 6.45) is -0.0121. The summed E-state index contributed by atoms with van der Waals surface area (Å²) in [6.45, 7) is 5.79. The van der Waals surface area contributed by atoms with Gasteiger partial charge in [-0.25, -0.2) is 4.79 Å². The first-order valence-corrected chi connectivity index (χ1v) is 7.20. The first-order chi connectivity index (χ1) is 9.36. The molecule has 1 atom stereocenters. The van der Waals surface area contributed by atoms with Gasteiger partial charge in [-0.05, 0) is 38.0 Å². The third-order valence-electron chi connectivity index (χ3n) is 2.83. The summed E-state index contributed by atoms with van der Waals surface area (Å²) in [5.41, 5.74) is 7.29. The van der Waals surface area contributed by atoms with Crippen molar-refractivity contribution in [3.05, 3.63) is 27.7 Å². The minimum absolute atomic E-state index is 0.305. The van der Waals surface area contributed by atoms with Crippen molar-refractivity contribution in [2.45, 2.75) is 33.3 Å². The van der Waals surface area contributed by atoms with E-state index in [1.54, 1.807) is 26.0 Å². The highest BCUT2D eigenvalue weighted by Crippen LogP contribution is 2.23. The molecule has 0 fully saturated rings. The minimum atomic E-state index is -0.839. The molecule has 0 aromatic heterocycles. The van der Waals surface area contributed by atoms with Crippen LogP contribution < -0.4 is 11.1 Å². The average Bonchev–Trinajstić information content (AvgIpc) is 2.39. The van der Waals surface area contributed by atoms with E-state index in [1.807, 2.05) is 6.92 Å². The normalized spacial score (nSPS) is 11.8. The number of halogens is 1. The van der Waals surface area contributed by atoms with E-state index in [0.29, 0.717) is 27.8 Å². The van der Waals surface area contributed by atoms with Crippen molar-refractivity contribution in [2.75, 3.05) is 12.3 Å². The van der Waals surface area contributed by atoms with Crippen LogP contribution >= 0.6 is 15.9 Å². The van der Waals surface area contributed by atoms with Gasteiger partial charge in [-0.15, -0.1) is 0 Å². The molecule has 0 aliphatic heterocycles. The van der Waals surface area contributed by atoms with Crippen LogP contribution in [-0.2, 0) is 9.53 Å². The Hall–Kier alpha value is -1.56. The van der Waals surface area contributed by atoms with E-state index in [2.05, 4.69) is 21.2 Å². The van der Waals surface area contributed by atoms with Crippen molar-refractivity contribution in [1.82, 2.24) is 5.32 Å². The molecule has 1 unspecified atom stereocenters. The second-order valence-corrected chi connectivity index (χ2v) is 5.42. The predicted octanol–water partition coefficient (Wildman–Crippen LogP) is 2.41. The number of amides is 1. The van der Waals surface area contributed by atoms with Gasteiger partial charge in [0.15, 0.2) is 6.10 Å². The maximum atomic E-state index is 12.1. The summed E-state index contributed by atoms with van der Waals surface area (Å²) >= 11 is 3.28. The number of nitrogen functional groups attached to an aromatic ring is 1. The van der Waals surface area contributed by atoms with Crippen molar-refractivity contribution in [2.24, 2.45) is 0 Å². The van der Waals surface area contributed by atoms with E-state index in [0.717, 1.165) is 6.42 Å². The third kappa shape index (κ3) is 4.23. The zero-order valence-electron chi connectivity index (χ0n) is 11.8. The summed E-state index contributed by atoms with van der Waals surface area (Å²) in [7, 11) is 0. The zero-order valence-corrected chi connectivity index (χ0v) is 13.4. The van der Waals surface area contributed by atoms with Crippen molar-refractivity contribution in [3.8, 4) is 0 Å². The molecule has 0 heterocycles. The first-order valence-electron chi connectivity index (χ1n) is 6.41. The Morgan fingerprint density at radius 3 is 2.70 bits per heavy atom. The Labute approximate surface area is 127 Å². The Balaban J connectivity index is 2.79. The van der Waals surface area contributed by atoms with Gasteiger partial charge in [0.05, 0.1) is 5.56 Å². The lowest BCUT2D eigenvalue weighted by molar-refractivity contribution is -0.129. The SMILES string of the molecule is CCCNC(=O)C(C)OC(=O)c1cc(Br)cc(N)c1C. The molecule has 1 rings (SSSR count).